The number of hydrogen-bond donors (Lipinski definition) is 1. The van der Waals surface area contributed by atoms with Crippen molar-refractivity contribution in [1.82, 2.24) is 24.4 Å². The highest BCUT2D eigenvalue weighted by Crippen LogP contribution is 2.35. The van der Waals surface area contributed by atoms with Gasteiger partial charge in [-0.15, -0.1) is 5.10 Å². The van der Waals surface area contributed by atoms with E-state index in [9.17, 15) is 4.79 Å². The molecule has 0 aliphatic heterocycles. The number of hydrogen-bond acceptors (Lipinski definition) is 7. The molecule has 0 spiro atoms. The minimum atomic E-state index is -0.635. The lowest BCUT2D eigenvalue weighted by Gasteiger charge is -2.14. The fraction of sp³-hybridized carbons (Fsp3) is 0.0909. The van der Waals surface area contributed by atoms with Gasteiger partial charge in [0.2, 0.25) is 5.95 Å². The summed E-state index contributed by atoms with van der Waals surface area (Å²) in [7, 11) is 1.29. The number of pyridine rings is 1. The van der Waals surface area contributed by atoms with Gasteiger partial charge in [-0.1, -0.05) is 41.9 Å². The number of carbonyl (C=O) groups is 1. The summed E-state index contributed by atoms with van der Waals surface area (Å²) in [6, 6.07) is 16.8. The van der Waals surface area contributed by atoms with E-state index in [1.54, 1.807) is 23.0 Å². The second-order valence-electron chi connectivity index (χ2n) is 6.94. The Hall–Kier alpha value is -4.11. The number of ether oxygens (including phenoxy) is 2. The van der Waals surface area contributed by atoms with Gasteiger partial charge < -0.3 is 15.2 Å². The third-order valence-corrected chi connectivity index (χ3v) is 5.20. The molecule has 5 rings (SSSR count). The molecule has 32 heavy (non-hydrogen) atoms. The van der Waals surface area contributed by atoms with Crippen molar-refractivity contribution in [1.29, 1.82) is 0 Å². The van der Waals surface area contributed by atoms with Crippen LogP contribution in [0.3, 0.4) is 0 Å². The van der Waals surface area contributed by atoms with Gasteiger partial charge in [-0.3, -0.25) is 0 Å². The third kappa shape index (κ3) is 3.28. The van der Waals surface area contributed by atoms with E-state index in [0.717, 1.165) is 11.3 Å². The highest BCUT2D eigenvalue weighted by atomic mass is 35.5. The van der Waals surface area contributed by atoms with Crippen LogP contribution in [-0.4, -0.2) is 37.5 Å². The molecule has 0 unspecified atom stereocenters. The Morgan fingerprint density at radius 2 is 1.88 bits per heavy atom. The molecule has 0 saturated heterocycles. The first kappa shape index (κ1) is 19.8. The molecule has 0 amide bonds. The summed E-state index contributed by atoms with van der Waals surface area (Å²) in [5, 5.41) is 9.90. The Kier molecular flexibility index (Phi) is 4.87. The van der Waals surface area contributed by atoms with E-state index in [1.165, 1.54) is 11.6 Å². The second-order valence-corrected chi connectivity index (χ2v) is 7.38. The first-order valence-electron chi connectivity index (χ1n) is 9.63. The molecule has 2 aromatic carbocycles. The monoisotopic (exact) mass is 448 g/mol. The van der Waals surface area contributed by atoms with Crippen LogP contribution in [0.5, 0.6) is 5.75 Å². The maximum Gasteiger partial charge on any atom is 0.360 e. The molecule has 0 aliphatic carbocycles. The number of benzene rings is 2. The maximum absolute atomic E-state index is 12.8. The molecule has 160 valence electrons. The molecule has 3 aromatic heterocycles. The van der Waals surface area contributed by atoms with Crippen LogP contribution in [0.4, 0.5) is 5.95 Å². The summed E-state index contributed by atoms with van der Waals surface area (Å²) in [5.74, 6) is -0.363. The molecule has 0 bridgehead atoms. The van der Waals surface area contributed by atoms with E-state index in [4.69, 9.17) is 26.8 Å². The number of aromatic nitrogens is 5. The molecule has 5 aromatic rings. The predicted molar refractivity (Wildman–Crippen MR) is 119 cm³/mol. The first-order chi connectivity index (χ1) is 15.6. The summed E-state index contributed by atoms with van der Waals surface area (Å²) >= 11 is 6.04. The van der Waals surface area contributed by atoms with Crippen LogP contribution in [0.15, 0.2) is 60.8 Å². The molecule has 2 N–H and O–H groups in total. The van der Waals surface area contributed by atoms with Gasteiger partial charge in [-0.05, 0) is 29.8 Å². The average molecular weight is 449 g/mol. The Bertz CT molecular complexity index is 1440. The molecule has 0 atom stereocenters. The molecule has 10 heteroatoms. The van der Waals surface area contributed by atoms with Crippen molar-refractivity contribution in [2.75, 3.05) is 12.8 Å². The second kappa shape index (κ2) is 7.86. The van der Waals surface area contributed by atoms with Crippen LogP contribution in [0.2, 0.25) is 5.02 Å². The number of nitrogens with two attached hydrogens (primary N) is 1. The molecular formula is C22H17ClN6O3. The first-order valence-corrected chi connectivity index (χ1v) is 10.0. The maximum atomic E-state index is 12.8. The Balaban J connectivity index is 1.78. The Morgan fingerprint density at radius 1 is 1.12 bits per heavy atom. The van der Waals surface area contributed by atoms with E-state index < -0.39 is 5.97 Å². The van der Waals surface area contributed by atoms with Gasteiger partial charge in [0.1, 0.15) is 12.1 Å². The van der Waals surface area contributed by atoms with Crippen molar-refractivity contribution < 1.29 is 14.3 Å². The lowest BCUT2D eigenvalue weighted by molar-refractivity contribution is 0.0585. The van der Waals surface area contributed by atoms with Gasteiger partial charge in [0.25, 0.3) is 0 Å². The SMILES string of the molecule is COC(=O)c1c(OCc2ccccc2)c2cnn(-c3ccc(Cl)cc3)c2c2nc(N)nn12. The van der Waals surface area contributed by atoms with E-state index in [0.29, 0.717) is 21.6 Å². The predicted octanol–water partition coefficient (Wildman–Crippen LogP) is 3.67. The van der Waals surface area contributed by atoms with Crippen molar-refractivity contribution in [3.8, 4) is 11.4 Å². The highest BCUT2D eigenvalue weighted by molar-refractivity contribution is 6.30. The van der Waals surface area contributed by atoms with Crippen molar-refractivity contribution >= 4 is 40.1 Å². The molecular weight excluding hydrogens is 432 g/mol. The van der Waals surface area contributed by atoms with Gasteiger partial charge in [0, 0.05) is 5.02 Å². The van der Waals surface area contributed by atoms with Gasteiger partial charge >= 0.3 is 5.97 Å². The lowest BCUT2D eigenvalue weighted by atomic mass is 10.2. The van der Waals surface area contributed by atoms with E-state index >= 15 is 0 Å². The van der Waals surface area contributed by atoms with Crippen LogP contribution in [-0.2, 0) is 11.3 Å². The Morgan fingerprint density at radius 3 is 2.59 bits per heavy atom. The third-order valence-electron chi connectivity index (χ3n) is 4.95. The fourth-order valence-electron chi connectivity index (χ4n) is 3.52. The minimum Gasteiger partial charge on any atom is -0.486 e. The van der Waals surface area contributed by atoms with Crippen LogP contribution in [0, 0.1) is 0 Å². The number of halogens is 1. The number of fused-ring (bicyclic) bond motifs is 3. The molecule has 0 fully saturated rings. The standard InChI is InChI=1S/C22H17ClN6O3/c1-31-21(30)18-19(32-12-13-5-3-2-4-6-13)16-11-25-28(15-9-7-14(23)8-10-15)17(16)20-26-22(24)27-29(18)20/h2-11H,12H2,1H3,(H2,24,27). The number of nitrogens with zero attached hydrogens (tertiary/aromatic N) is 5. The van der Waals surface area contributed by atoms with E-state index in [-0.39, 0.29) is 24.0 Å². The van der Waals surface area contributed by atoms with Crippen LogP contribution >= 0.6 is 11.6 Å². The topological polar surface area (TPSA) is 110 Å². The Labute approximate surface area is 186 Å². The summed E-state index contributed by atoms with van der Waals surface area (Å²) in [6.07, 6.45) is 1.61. The molecule has 0 saturated carbocycles. The highest BCUT2D eigenvalue weighted by Gasteiger charge is 2.27. The zero-order chi connectivity index (χ0) is 22.2. The zero-order valence-corrected chi connectivity index (χ0v) is 17.7. The van der Waals surface area contributed by atoms with E-state index in [1.807, 2.05) is 42.5 Å². The summed E-state index contributed by atoms with van der Waals surface area (Å²) in [4.78, 5) is 17.1. The number of methoxy groups -OCH3 is 1. The lowest BCUT2D eigenvalue weighted by Crippen LogP contribution is -2.13. The number of nitrogen functional groups attached to an aromatic ring is 1. The van der Waals surface area contributed by atoms with Crippen LogP contribution in [0.25, 0.3) is 22.2 Å². The normalized spacial score (nSPS) is 11.2. The molecule has 3 heterocycles. The minimum absolute atomic E-state index is 0.000480. The fourth-order valence-corrected chi connectivity index (χ4v) is 3.65. The average Bonchev–Trinajstić information content (AvgIpc) is 3.41. The molecule has 0 aliphatic rings. The van der Waals surface area contributed by atoms with E-state index in [2.05, 4.69) is 15.2 Å². The van der Waals surface area contributed by atoms with Gasteiger partial charge in [-0.2, -0.15) is 14.6 Å². The van der Waals surface area contributed by atoms with Crippen LogP contribution in [0.1, 0.15) is 16.1 Å². The number of anilines is 1. The van der Waals surface area contributed by atoms with Crippen LogP contribution < -0.4 is 10.5 Å². The number of rotatable bonds is 5. The number of carbonyl (C=O) groups excluding carboxylic acids is 1. The molecule has 9 nitrogen and oxygen atoms in total. The quantitative estimate of drug-likeness (QED) is 0.408. The number of esters is 1. The van der Waals surface area contributed by atoms with Crippen molar-refractivity contribution in [3.63, 3.8) is 0 Å². The smallest absolute Gasteiger partial charge is 0.360 e. The summed E-state index contributed by atoms with van der Waals surface area (Å²) < 4.78 is 14.2. The van der Waals surface area contributed by atoms with Gasteiger partial charge in [-0.25, -0.2) is 9.48 Å². The molecule has 0 radical (unpaired) electrons. The zero-order valence-electron chi connectivity index (χ0n) is 16.9. The van der Waals surface area contributed by atoms with Gasteiger partial charge in [0.15, 0.2) is 17.1 Å². The summed E-state index contributed by atoms with van der Waals surface area (Å²) in [5.41, 5.74) is 8.57. The van der Waals surface area contributed by atoms with Crippen molar-refractivity contribution in [2.45, 2.75) is 6.61 Å². The van der Waals surface area contributed by atoms with Gasteiger partial charge in [0.05, 0.1) is 24.4 Å². The van der Waals surface area contributed by atoms with Crippen molar-refractivity contribution in [3.05, 3.63) is 77.1 Å². The largest absolute Gasteiger partial charge is 0.486 e. The summed E-state index contributed by atoms with van der Waals surface area (Å²) in [6.45, 7) is 0.224. The van der Waals surface area contributed by atoms with Crippen molar-refractivity contribution in [2.24, 2.45) is 0 Å².